The van der Waals surface area contributed by atoms with Crippen LogP contribution in [0, 0.1) is 0 Å². The molecule has 0 aliphatic rings. The number of aromatic nitrogens is 2. The van der Waals surface area contributed by atoms with Crippen LogP contribution in [0.5, 0.6) is 0 Å². The zero-order chi connectivity index (χ0) is 18.0. The van der Waals surface area contributed by atoms with Crippen molar-refractivity contribution in [3.63, 3.8) is 0 Å². The Labute approximate surface area is 153 Å². The second-order valence-electron chi connectivity index (χ2n) is 6.80. The van der Waals surface area contributed by atoms with Gasteiger partial charge in [-0.15, -0.1) is 0 Å². The fourth-order valence-electron chi connectivity index (χ4n) is 3.78. The van der Waals surface area contributed by atoms with Gasteiger partial charge < -0.3 is 0 Å². The fraction of sp³-hybridized carbons (Fsp3) is 0.833. The standard InChI is InChI=1S/C6H12N5.3C4H9.Sn/c1-7-5-4-6(8-2)11(9-3)10-5;3*1-3-4-2;/h8-9H,1-3H3,(H,7,10);3*1,3-4H2,2H3;. The van der Waals surface area contributed by atoms with Crippen LogP contribution in [0.15, 0.2) is 0 Å². The van der Waals surface area contributed by atoms with Crippen LogP contribution in [0.2, 0.25) is 13.3 Å². The number of hydrogen-bond acceptors (Lipinski definition) is 4. The summed E-state index contributed by atoms with van der Waals surface area (Å²) in [4.78, 5) is 1.93. The van der Waals surface area contributed by atoms with Gasteiger partial charge in [-0.2, -0.15) is 0 Å². The molecule has 5 nitrogen and oxygen atoms in total. The Hall–Kier alpha value is -0.591. The summed E-state index contributed by atoms with van der Waals surface area (Å²) < 4.78 is 5.93. The van der Waals surface area contributed by atoms with Gasteiger partial charge >= 0.3 is 153 Å². The van der Waals surface area contributed by atoms with Crippen molar-refractivity contribution in [1.29, 1.82) is 0 Å². The van der Waals surface area contributed by atoms with Crippen LogP contribution in [-0.2, 0) is 0 Å². The van der Waals surface area contributed by atoms with Crippen molar-refractivity contribution < 1.29 is 0 Å². The fourth-order valence-corrected chi connectivity index (χ4v) is 20.9. The molecule has 0 amide bonds. The Bertz CT molecular complexity index is 450. The van der Waals surface area contributed by atoms with E-state index < -0.39 is 18.4 Å². The predicted molar refractivity (Wildman–Crippen MR) is 111 cm³/mol. The third kappa shape index (κ3) is 4.96. The van der Waals surface area contributed by atoms with E-state index in [2.05, 4.69) is 36.8 Å². The molecule has 0 bridgehead atoms. The molecule has 0 saturated heterocycles. The van der Waals surface area contributed by atoms with Gasteiger partial charge in [0.2, 0.25) is 0 Å². The average molecular weight is 444 g/mol. The van der Waals surface area contributed by atoms with Crippen LogP contribution in [0.3, 0.4) is 0 Å². The van der Waals surface area contributed by atoms with Gasteiger partial charge in [0.15, 0.2) is 0 Å². The summed E-state index contributed by atoms with van der Waals surface area (Å²) in [5.74, 6) is 2.30. The summed E-state index contributed by atoms with van der Waals surface area (Å²) in [6.07, 6.45) is 7.96. The van der Waals surface area contributed by atoms with Crippen molar-refractivity contribution in [2.45, 2.75) is 72.6 Å². The van der Waals surface area contributed by atoms with Gasteiger partial charge in [-0.1, -0.05) is 0 Å². The molecule has 1 aromatic rings. The SMILES string of the molecule is CCC[CH2][Sn]([CH2]CCC)([CH2]CCC)[c]1c(NC)nn(NC)c1NC. The van der Waals surface area contributed by atoms with Gasteiger partial charge in [0.1, 0.15) is 0 Å². The normalized spacial score (nSPS) is 11.6. The third-order valence-corrected chi connectivity index (χ3v) is 20.7. The van der Waals surface area contributed by atoms with Crippen LogP contribution in [0.1, 0.15) is 59.3 Å². The number of rotatable bonds is 13. The molecular formula is C18H39N5Sn. The molecule has 0 spiro atoms. The molecule has 24 heavy (non-hydrogen) atoms. The molecule has 0 radical (unpaired) electrons. The van der Waals surface area contributed by atoms with E-state index >= 15 is 0 Å². The molecule has 1 heterocycles. The predicted octanol–water partition coefficient (Wildman–Crippen LogP) is 4.20. The molecule has 0 atom stereocenters. The first-order valence-electron chi connectivity index (χ1n) is 9.80. The van der Waals surface area contributed by atoms with E-state index in [9.17, 15) is 0 Å². The van der Waals surface area contributed by atoms with Gasteiger partial charge in [-0.3, -0.25) is 0 Å². The number of anilines is 2. The summed E-state index contributed by atoms with van der Waals surface area (Å²) in [6, 6.07) is 0. The van der Waals surface area contributed by atoms with Gasteiger partial charge in [0.05, 0.1) is 0 Å². The maximum absolute atomic E-state index is 4.79. The first-order chi connectivity index (χ1) is 11.6. The first-order valence-corrected chi connectivity index (χ1v) is 17.3. The third-order valence-electron chi connectivity index (χ3n) is 5.13. The summed E-state index contributed by atoms with van der Waals surface area (Å²) >= 11 is -2.54. The van der Waals surface area contributed by atoms with E-state index in [1.54, 1.807) is 3.58 Å². The van der Waals surface area contributed by atoms with Crippen molar-refractivity contribution in [2.24, 2.45) is 0 Å². The maximum atomic E-state index is 4.79. The summed E-state index contributed by atoms with van der Waals surface area (Å²) in [5.41, 5.74) is 3.22. The van der Waals surface area contributed by atoms with E-state index in [0.29, 0.717) is 0 Å². The Morgan fingerprint density at radius 2 is 1.33 bits per heavy atom. The molecule has 0 fully saturated rings. The monoisotopic (exact) mass is 445 g/mol. The molecule has 3 N–H and O–H groups in total. The zero-order valence-corrected chi connectivity index (χ0v) is 19.6. The van der Waals surface area contributed by atoms with Crippen molar-refractivity contribution >= 4 is 33.6 Å². The number of nitrogens with one attached hydrogen (secondary N) is 3. The molecule has 0 unspecified atom stereocenters. The molecule has 1 rings (SSSR count). The molecule has 0 saturated carbocycles. The van der Waals surface area contributed by atoms with Gasteiger partial charge in [-0.25, -0.2) is 0 Å². The molecule has 0 aliphatic carbocycles. The number of nitrogens with zero attached hydrogens (tertiary/aromatic N) is 2. The molecule has 0 aliphatic heterocycles. The Kier molecular flexibility index (Phi) is 9.93. The quantitative estimate of drug-likeness (QED) is 0.400. The first kappa shape index (κ1) is 21.5. The molecule has 6 heteroatoms. The van der Waals surface area contributed by atoms with E-state index in [0.717, 1.165) is 5.82 Å². The Balaban J connectivity index is 3.45. The zero-order valence-electron chi connectivity index (χ0n) is 16.8. The number of unbranched alkanes of at least 4 members (excludes halogenated alkanes) is 3. The van der Waals surface area contributed by atoms with Crippen molar-refractivity contribution in [3.05, 3.63) is 0 Å². The van der Waals surface area contributed by atoms with Crippen molar-refractivity contribution in [1.82, 2.24) is 9.89 Å². The summed E-state index contributed by atoms with van der Waals surface area (Å²) in [5, 5.41) is 11.6. The van der Waals surface area contributed by atoms with Crippen LogP contribution in [0.25, 0.3) is 0 Å². The van der Waals surface area contributed by atoms with Crippen molar-refractivity contribution in [2.75, 3.05) is 37.2 Å². The van der Waals surface area contributed by atoms with Gasteiger partial charge in [-0.05, 0) is 0 Å². The van der Waals surface area contributed by atoms with Crippen LogP contribution < -0.4 is 19.6 Å². The Morgan fingerprint density at radius 1 is 0.833 bits per heavy atom. The molecule has 140 valence electrons. The van der Waals surface area contributed by atoms with E-state index in [-0.39, 0.29) is 0 Å². The summed E-state index contributed by atoms with van der Waals surface area (Å²) in [7, 11) is 5.99. The van der Waals surface area contributed by atoms with E-state index in [1.165, 1.54) is 57.7 Å². The van der Waals surface area contributed by atoms with E-state index in [4.69, 9.17) is 5.10 Å². The van der Waals surface area contributed by atoms with Gasteiger partial charge in [0, 0.05) is 0 Å². The molecular weight excluding hydrogens is 405 g/mol. The minimum atomic E-state index is -2.54. The van der Waals surface area contributed by atoms with Gasteiger partial charge in [0.25, 0.3) is 0 Å². The summed E-state index contributed by atoms with van der Waals surface area (Å²) in [6.45, 7) is 6.97. The molecule has 1 aromatic heterocycles. The second kappa shape index (κ2) is 11.1. The average Bonchev–Trinajstić information content (AvgIpc) is 3.00. The van der Waals surface area contributed by atoms with E-state index in [1.807, 2.05) is 25.9 Å². The number of hydrogen-bond donors (Lipinski definition) is 3. The van der Waals surface area contributed by atoms with Crippen molar-refractivity contribution in [3.8, 4) is 0 Å². The second-order valence-corrected chi connectivity index (χ2v) is 19.8. The molecule has 0 aromatic carbocycles. The topological polar surface area (TPSA) is 53.9 Å². The Morgan fingerprint density at radius 3 is 1.67 bits per heavy atom. The van der Waals surface area contributed by atoms with Crippen LogP contribution >= 0.6 is 0 Å². The van der Waals surface area contributed by atoms with Crippen LogP contribution in [-0.4, -0.2) is 49.4 Å². The van der Waals surface area contributed by atoms with Crippen LogP contribution in [0.4, 0.5) is 11.6 Å². The minimum absolute atomic E-state index is 1.10.